The second kappa shape index (κ2) is 9.81. The molecule has 1 heterocycles. The molecule has 0 aliphatic rings. The molecule has 0 saturated carbocycles. The van der Waals surface area contributed by atoms with Crippen LogP contribution >= 0.6 is 23.5 Å². The van der Waals surface area contributed by atoms with Gasteiger partial charge in [0.15, 0.2) is 0 Å². The van der Waals surface area contributed by atoms with E-state index in [1.807, 2.05) is 54.6 Å². The second-order valence-electron chi connectivity index (χ2n) is 5.63. The number of hydrogen-bond donors (Lipinski definition) is 1. The highest BCUT2D eigenvalue weighted by atomic mass is 32.2. The molecule has 6 heteroatoms. The van der Waals surface area contributed by atoms with Crippen molar-refractivity contribution in [2.75, 3.05) is 11.1 Å². The van der Waals surface area contributed by atoms with Crippen LogP contribution in [0.2, 0.25) is 0 Å². The molecule has 0 aliphatic heterocycles. The average Bonchev–Trinajstić information content (AvgIpc) is 2.72. The highest BCUT2D eigenvalue weighted by molar-refractivity contribution is 8.00. The summed E-state index contributed by atoms with van der Waals surface area (Å²) >= 11 is 3.07. The zero-order valence-corrected chi connectivity index (χ0v) is 16.1. The van der Waals surface area contributed by atoms with Gasteiger partial charge in [0.25, 0.3) is 0 Å². The molecule has 0 bridgehead atoms. The van der Waals surface area contributed by atoms with E-state index < -0.39 is 0 Å². The molecule has 0 fully saturated rings. The van der Waals surface area contributed by atoms with Crippen molar-refractivity contribution >= 4 is 35.1 Å². The predicted molar refractivity (Wildman–Crippen MR) is 111 cm³/mol. The summed E-state index contributed by atoms with van der Waals surface area (Å²) in [5, 5.41) is 12.8. The summed E-state index contributed by atoms with van der Waals surface area (Å²) in [5.41, 5.74) is 2.50. The van der Waals surface area contributed by atoms with Crippen molar-refractivity contribution in [2.24, 2.45) is 0 Å². The highest BCUT2D eigenvalue weighted by Crippen LogP contribution is 2.23. The number of rotatable bonds is 7. The summed E-state index contributed by atoms with van der Waals surface area (Å²) in [5.74, 6) is 1.01. The quantitative estimate of drug-likeness (QED) is 0.576. The van der Waals surface area contributed by atoms with Gasteiger partial charge in [-0.15, -0.1) is 23.5 Å². The molecular weight excluding hydrogens is 374 g/mol. The molecule has 1 N–H and O–H groups in total. The Kier molecular flexibility index (Phi) is 6.91. The first-order valence-corrected chi connectivity index (χ1v) is 10.3. The van der Waals surface area contributed by atoms with E-state index in [0.29, 0.717) is 11.3 Å². The van der Waals surface area contributed by atoms with Gasteiger partial charge < -0.3 is 5.32 Å². The second-order valence-corrected chi connectivity index (χ2v) is 7.68. The van der Waals surface area contributed by atoms with Crippen molar-refractivity contribution in [1.82, 2.24) is 4.98 Å². The molecule has 0 radical (unpaired) electrons. The Hall–Kier alpha value is -2.75. The first-order chi connectivity index (χ1) is 13.2. The number of carbonyl (C=O) groups is 1. The molecule has 134 valence electrons. The SMILES string of the molecule is N#Cc1cccc(SCC(=O)Nc2cccc(CSc3ccccn3)c2)c1. The predicted octanol–water partition coefficient (Wildman–Crippen LogP) is 4.98. The lowest BCUT2D eigenvalue weighted by molar-refractivity contribution is -0.113. The van der Waals surface area contributed by atoms with Crippen LogP contribution < -0.4 is 5.32 Å². The lowest BCUT2D eigenvalue weighted by Crippen LogP contribution is -2.14. The van der Waals surface area contributed by atoms with Crippen LogP contribution in [0.25, 0.3) is 0 Å². The molecule has 1 aromatic heterocycles. The van der Waals surface area contributed by atoms with Gasteiger partial charge in [-0.25, -0.2) is 4.98 Å². The largest absolute Gasteiger partial charge is 0.325 e. The molecule has 3 rings (SSSR count). The molecule has 0 aliphatic carbocycles. The average molecular weight is 392 g/mol. The summed E-state index contributed by atoms with van der Waals surface area (Å²) < 4.78 is 0. The molecular formula is C21H17N3OS2. The van der Waals surface area contributed by atoms with Crippen molar-refractivity contribution in [3.05, 3.63) is 84.1 Å². The summed E-state index contributed by atoms with van der Waals surface area (Å²) in [6.45, 7) is 0. The van der Waals surface area contributed by atoms with E-state index in [-0.39, 0.29) is 5.91 Å². The maximum Gasteiger partial charge on any atom is 0.234 e. The molecule has 27 heavy (non-hydrogen) atoms. The van der Waals surface area contributed by atoms with Gasteiger partial charge >= 0.3 is 0 Å². The maximum absolute atomic E-state index is 12.2. The third-order valence-electron chi connectivity index (χ3n) is 3.57. The summed E-state index contributed by atoms with van der Waals surface area (Å²) in [7, 11) is 0. The zero-order chi connectivity index (χ0) is 18.9. The Morgan fingerprint density at radius 1 is 1.04 bits per heavy atom. The van der Waals surface area contributed by atoms with E-state index in [1.165, 1.54) is 11.8 Å². The van der Waals surface area contributed by atoms with Crippen LogP contribution in [0.1, 0.15) is 11.1 Å². The summed E-state index contributed by atoms with van der Waals surface area (Å²) in [4.78, 5) is 17.4. The normalized spacial score (nSPS) is 10.2. The number of nitriles is 1. The topological polar surface area (TPSA) is 65.8 Å². The monoisotopic (exact) mass is 391 g/mol. The number of carbonyl (C=O) groups excluding carboxylic acids is 1. The van der Waals surface area contributed by atoms with Crippen LogP contribution in [-0.4, -0.2) is 16.6 Å². The molecule has 0 spiro atoms. The lowest BCUT2D eigenvalue weighted by Gasteiger charge is -2.08. The first-order valence-electron chi connectivity index (χ1n) is 8.28. The molecule has 0 saturated heterocycles. The molecule has 3 aromatic rings. The minimum absolute atomic E-state index is 0.0723. The Balaban J connectivity index is 1.52. The summed E-state index contributed by atoms with van der Waals surface area (Å²) in [6.07, 6.45) is 1.78. The van der Waals surface area contributed by atoms with Gasteiger partial charge in [-0.05, 0) is 48.0 Å². The van der Waals surface area contributed by atoms with E-state index in [2.05, 4.69) is 16.4 Å². The highest BCUT2D eigenvalue weighted by Gasteiger charge is 2.06. The number of aromatic nitrogens is 1. The van der Waals surface area contributed by atoms with Crippen molar-refractivity contribution in [3.8, 4) is 6.07 Å². The minimum atomic E-state index is -0.0723. The first kappa shape index (κ1) is 19.0. The number of benzene rings is 2. The van der Waals surface area contributed by atoms with Crippen LogP contribution in [0.4, 0.5) is 5.69 Å². The third-order valence-corrected chi connectivity index (χ3v) is 5.58. The zero-order valence-electron chi connectivity index (χ0n) is 14.5. The van der Waals surface area contributed by atoms with Crippen molar-refractivity contribution in [1.29, 1.82) is 5.26 Å². The van der Waals surface area contributed by atoms with Crippen LogP contribution in [0.3, 0.4) is 0 Å². The minimum Gasteiger partial charge on any atom is -0.325 e. The number of thioether (sulfide) groups is 2. The lowest BCUT2D eigenvalue weighted by atomic mass is 10.2. The van der Waals surface area contributed by atoms with Gasteiger partial charge in [0.2, 0.25) is 5.91 Å². The standard InChI is InChI=1S/C21H17N3OS2/c22-13-16-5-4-8-19(12-16)26-15-20(25)24-18-7-3-6-17(11-18)14-27-21-9-1-2-10-23-21/h1-12H,14-15H2,(H,24,25). The Labute approximate surface area is 167 Å². The van der Waals surface area contributed by atoms with Crippen molar-refractivity contribution in [3.63, 3.8) is 0 Å². The van der Waals surface area contributed by atoms with Gasteiger partial charge in [-0.2, -0.15) is 5.26 Å². The molecule has 0 atom stereocenters. The number of amides is 1. The fourth-order valence-electron chi connectivity index (χ4n) is 2.33. The van der Waals surface area contributed by atoms with E-state index in [1.54, 1.807) is 30.1 Å². The van der Waals surface area contributed by atoms with Crippen molar-refractivity contribution in [2.45, 2.75) is 15.7 Å². The van der Waals surface area contributed by atoms with E-state index in [9.17, 15) is 4.79 Å². The van der Waals surface area contributed by atoms with Crippen LogP contribution in [-0.2, 0) is 10.5 Å². The van der Waals surface area contributed by atoms with E-state index in [4.69, 9.17) is 5.26 Å². The van der Waals surface area contributed by atoms with Gasteiger partial charge in [0.1, 0.15) is 0 Å². The number of pyridine rings is 1. The van der Waals surface area contributed by atoms with Gasteiger partial charge in [-0.3, -0.25) is 4.79 Å². The smallest absolute Gasteiger partial charge is 0.234 e. The van der Waals surface area contributed by atoms with Gasteiger partial charge in [0, 0.05) is 22.5 Å². The maximum atomic E-state index is 12.2. The number of hydrogen-bond acceptors (Lipinski definition) is 5. The molecule has 2 aromatic carbocycles. The van der Waals surface area contributed by atoms with Crippen LogP contribution in [0.15, 0.2) is 82.8 Å². The van der Waals surface area contributed by atoms with E-state index in [0.717, 1.165) is 26.9 Å². The molecule has 1 amide bonds. The van der Waals surface area contributed by atoms with Gasteiger partial charge in [0.05, 0.1) is 22.4 Å². The molecule has 0 unspecified atom stereocenters. The van der Waals surface area contributed by atoms with Crippen LogP contribution in [0.5, 0.6) is 0 Å². The third kappa shape index (κ3) is 6.17. The number of nitrogens with zero attached hydrogens (tertiary/aromatic N) is 2. The summed E-state index contributed by atoms with van der Waals surface area (Å²) in [6, 6.07) is 23.0. The fourth-order valence-corrected chi connectivity index (χ4v) is 3.89. The number of nitrogens with one attached hydrogen (secondary N) is 1. The number of anilines is 1. The molecule has 4 nitrogen and oxygen atoms in total. The Morgan fingerprint density at radius 2 is 1.93 bits per heavy atom. The van der Waals surface area contributed by atoms with Crippen LogP contribution in [0, 0.1) is 11.3 Å². The Morgan fingerprint density at radius 3 is 2.74 bits per heavy atom. The Bertz CT molecular complexity index is 955. The van der Waals surface area contributed by atoms with Crippen molar-refractivity contribution < 1.29 is 4.79 Å². The fraction of sp³-hybridized carbons (Fsp3) is 0.0952. The van der Waals surface area contributed by atoms with Gasteiger partial charge in [-0.1, -0.05) is 24.3 Å². The van der Waals surface area contributed by atoms with E-state index >= 15 is 0 Å².